The first-order chi connectivity index (χ1) is 10.4. The third-order valence-corrected chi connectivity index (χ3v) is 4.73. The quantitative estimate of drug-likeness (QED) is 0.351. The summed E-state index contributed by atoms with van der Waals surface area (Å²) in [6, 6.07) is 0. The molecular formula is C16H35IN4O2S. The molecule has 2 N–H and O–H groups in total. The number of aliphatic imine (C=N–C) groups is 1. The van der Waals surface area contributed by atoms with Gasteiger partial charge in [0.15, 0.2) is 5.96 Å². The molecule has 144 valence electrons. The molecule has 0 aliphatic carbocycles. The van der Waals surface area contributed by atoms with E-state index in [2.05, 4.69) is 15.6 Å². The minimum atomic E-state index is -0.928. The van der Waals surface area contributed by atoms with Gasteiger partial charge in [0, 0.05) is 40.4 Å². The van der Waals surface area contributed by atoms with E-state index in [1.54, 1.807) is 4.90 Å². The Morgan fingerprint density at radius 2 is 1.71 bits per heavy atom. The van der Waals surface area contributed by atoms with Gasteiger partial charge in [-0.2, -0.15) is 0 Å². The van der Waals surface area contributed by atoms with Gasteiger partial charge >= 0.3 is 0 Å². The molecule has 24 heavy (non-hydrogen) atoms. The maximum Gasteiger partial charge on any atom is 0.240 e. The van der Waals surface area contributed by atoms with Gasteiger partial charge in [-0.1, -0.05) is 0 Å². The van der Waals surface area contributed by atoms with Crippen molar-refractivity contribution >= 4 is 46.6 Å². The van der Waals surface area contributed by atoms with Gasteiger partial charge in [0.1, 0.15) is 0 Å². The second-order valence-electron chi connectivity index (χ2n) is 7.55. The predicted molar refractivity (Wildman–Crippen MR) is 115 cm³/mol. The van der Waals surface area contributed by atoms with Gasteiger partial charge in [-0.15, -0.1) is 24.0 Å². The Morgan fingerprint density at radius 3 is 2.12 bits per heavy atom. The number of carbonyl (C=O) groups is 1. The van der Waals surface area contributed by atoms with Gasteiger partial charge in [-0.25, -0.2) is 0 Å². The molecule has 8 heteroatoms. The van der Waals surface area contributed by atoms with Crippen LogP contribution < -0.4 is 10.6 Å². The van der Waals surface area contributed by atoms with E-state index >= 15 is 0 Å². The molecule has 0 radical (unpaired) electrons. The van der Waals surface area contributed by atoms with Crippen LogP contribution in [0.2, 0.25) is 0 Å². The Hall–Kier alpha value is -0.380. The first-order valence-electron chi connectivity index (χ1n) is 8.05. The molecule has 1 amide bonds. The van der Waals surface area contributed by atoms with Gasteiger partial charge in [0.05, 0.1) is 13.1 Å². The summed E-state index contributed by atoms with van der Waals surface area (Å²) in [5.74, 6) is 1.12. The van der Waals surface area contributed by atoms with Gasteiger partial charge in [-0.05, 0) is 48.5 Å². The molecule has 0 heterocycles. The van der Waals surface area contributed by atoms with Gasteiger partial charge in [-0.3, -0.25) is 14.0 Å². The summed E-state index contributed by atoms with van der Waals surface area (Å²) in [5, 5.41) is 6.09. The first kappa shape index (κ1) is 25.9. The fourth-order valence-electron chi connectivity index (χ4n) is 1.76. The molecule has 0 aromatic rings. The molecule has 1 atom stereocenters. The van der Waals surface area contributed by atoms with Crippen LogP contribution in [-0.4, -0.2) is 63.7 Å². The fraction of sp³-hybridized carbons (Fsp3) is 0.875. The molecule has 0 aromatic carbocycles. The number of rotatable bonds is 6. The average molecular weight is 474 g/mol. The molecule has 0 rings (SSSR count). The van der Waals surface area contributed by atoms with E-state index in [1.165, 1.54) is 0 Å². The highest BCUT2D eigenvalue weighted by molar-refractivity contribution is 14.0. The normalized spacial score (nSPS) is 13.8. The first-order valence-corrected chi connectivity index (χ1v) is 9.37. The van der Waals surface area contributed by atoms with E-state index in [9.17, 15) is 9.00 Å². The number of carbonyl (C=O) groups excluding carboxylic acids is 1. The Bertz CT molecular complexity index is 442. The lowest BCUT2D eigenvalue weighted by atomic mass is 10.1. The van der Waals surface area contributed by atoms with Crippen molar-refractivity contribution in [1.29, 1.82) is 0 Å². The Morgan fingerprint density at radius 1 is 1.17 bits per heavy atom. The summed E-state index contributed by atoms with van der Waals surface area (Å²) in [7, 11) is 0.896. The van der Waals surface area contributed by atoms with Crippen LogP contribution in [0.1, 0.15) is 48.5 Å². The summed E-state index contributed by atoms with van der Waals surface area (Å²) in [5.41, 5.74) is -0.253. The van der Waals surface area contributed by atoms with Crippen molar-refractivity contribution < 1.29 is 9.00 Å². The molecule has 0 spiro atoms. The minimum Gasteiger partial charge on any atom is -0.357 e. The molecule has 1 unspecified atom stereocenters. The van der Waals surface area contributed by atoms with E-state index in [0.29, 0.717) is 24.8 Å². The highest BCUT2D eigenvalue weighted by Gasteiger charge is 2.19. The van der Waals surface area contributed by atoms with Crippen LogP contribution in [-0.2, 0) is 15.6 Å². The lowest BCUT2D eigenvalue weighted by Gasteiger charge is -2.25. The van der Waals surface area contributed by atoms with Gasteiger partial charge < -0.3 is 15.5 Å². The highest BCUT2D eigenvalue weighted by Crippen LogP contribution is 2.10. The predicted octanol–water partition coefficient (Wildman–Crippen LogP) is 1.96. The SMILES string of the molecule is CCNC(=NCCS(=O)C(C)(C)C)N(C)CC(=O)NC(C)(C)C.I. The molecule has 0 bridgehead atoms. The maximum absolute atomic E-state index is 12.1. The number of amides is 1. The van der Waals surface area contributed by atoms with Crippen molar-refractivity contribution in [2.24, 2.45) is 4.99 Å². The van der Waals surface area contributed by atoms with Crippen molar-refractivity contribution in [2.75, 3.05) is 32.4 Å². The van der Waals surface area contributed by atoms with Crippen LogP contribution in [0.4, 0.5) is 0 Å². The number of nitrogens with one attached hydrogen (secondary N) is 2. The van der Waals surface area contributed by atoms with Crippen LogP contribution in [0.3, 0.4) is 0 Å². The molecule has 0 fully saturated rings. The Kier molecular flexibility index (Phi) is 12.1. The lowest BCUT2D eigenvalue weighted by molar-refractivity contribution is -0.122. The summed E-state index contributed by atoms with van der Waals surface area (Å²) >= 11 is 0. The number of likely N-dealkylation sites (N-methyl/N-ethyl adjacent to an activating group) is 1. The van der Waals surface area contributed by atoms with Crippen LogP contribution in [0.15, 0.2) is 4.99 Å². The number of guanidine groups is 1. The zero-order valence-electron chi connectivity index (χ0n) is 16.4. The molecule has 6 nitrogen and oxygen atoms in total. The third kappa shape index (κ3) is 12.0. The monoisotopic (exact) mass is 474 g/mol. The zero-order chi connectivity index (χ0) is 18.3. The summed E-state index contributed by atoms with van der Waals surface area (Å²) in [4.78, 5) is 18.3. The average Bonchev–Trinajstić information content (AvgIpc) is 2.33. The van der Waals surface area contributed by atoms with E-state index in [0.717, 1.165) is 0 Å². The molecule has 0 aliphatic rings. The van der Waals surface area contributed by atoms with Crippen LogP contribution in [0.25, 0.3) is 0 Å². The molecule has 0 aliphatic heterocycles. The van der Waals surface area contributed by atoms with Gasteiger partial charge in [0.2, 0.25) is 5.91 Å². The van der Waals surface area contributed by atoms with Crippen LogP contribution in [0.5, 0.6) is 0 Å². The van der Waals surface area contributed by atoms with E-state index in [4.69, 9.17) is 0 Å². The summed E-state index contributed by atoms with van der Waals surface area (Å²) in [6.07, 6.45) is 0. The number of halogens is 1. The van der Waals surface area contributed by atoms with Gasteiger partial charge in [0.25, 0.3) is 0 Å². The number of nitrogens with zero attached hydrogens (tertiary/aromatic N) is 2. The van der Waals surface area contributed by atoms with Crippen LogP contribution in [0, 0.1) is 0 Å². The number of hydrogen-bond acceptors (Lipinski definition) is 3. The van der Waals surface area contributed by atoms with Crippen LogP contribution >= 0.6 is 24.0 Å². The minimum absolute atomic E-state index is 0. The number of hydrogen-bond donors (Lipinski definition) is 2. The topological polar surface area (TPSA) is 73.8 Å². The molecule has 0 saturated heterocycles. The van der Waals surface area contributed by atoms with Crippen molar-refractivity contribution in [2.45, 2.75) is 58.8 Å². The van der Waals surface area contributed by atoms with Crippen molar-refractivity contribution in [3.8, 4) is 0 Å². The second-order valence-corrected chi connectivity index (χ2v) is 9.88. The van der Waals surface area contributed by atoms with E-state index in [1.807, 2.05) is 55.5 Å². The lowest BCUT2D eigenvalue weighted by Crippen LogP contribution is -2.48. The molecule has 0 aromatic heterocycles. The zero-order valence-corrected chi connectivity index (χ0v) is 19.5. The highest BCUT2D eigenvalue weighted by atomic mass is 127. The molecule has 0 saturated carbocycles. The molecular weight excluding hydrogens is 439 g/mol. The fourth-order valence-corrected chi connectivity index (χ4v) is 2.63. The Balaban J connectivity index is 0. The summed E-state index contributed by atoms with van der Waals surface area (Å²) < 4.78 is 11.8. The third-order valence-electron chi connectivity index (χ3n) is 2.81. The van der Waals surface area contributed by atoms with Crippen molar-refractivity contribution in [3.63, 3.8) is 0 Å². The standard InChI is InChI=1S/C16H34N4O2S.HI/c1-9-17-14(18-10-11-23(22)16(5,6)7)20(8)12-13(21)19-15(2,3)4;/h9-12H2,1-8H3,(H,17,18)(H,19,21);1H. The second kappa shape index (κ2) is 11.3. The van der Waals surface area contributed by atoms with Crippen molar-refractivity contribution in [3.05, 3.63) is 0 Å². The largest absolute Gasteiger partial charge is 0.357 e. The smallest absolute Gasteiger partial charge is 0.240 e. The Labute approximate surface area is 167 Å². The maximum atomic E-state index is 12.1. The summed E-state index contributed by atoms with van der Waals surface area (Å²) in [6.45, 7) is 15.1. The van der Waals surface area contributed by atoms with Crippen molar-refractivity contribution in [1.82, 2.24) is 15.5 Å². The van der Waals surface area contributed by atoms with E-state index in [-0.39, 0.29) is 46.7 Å². The van der Waals surface area contributed by atoms with E-state index < -0.39 is 10.8 Å².